The van der Waals surface area contributed by atoms with E-state index < -0.39 is 148 Å². The Bertz CT molecular complexity index is 3790. The summed E-state index contributed by atoms with van der Waals surface area (Å²) in [6, 6.07) is -0.581. The highest BCUT2D eigenvalue weighted by molar-refractivity contribution is 8.77. The number of hydrogen-bond donors (Lipinski definition) is 21. The number of nitrogens with one attached hydrogen (secondary N) is 15. The minimum atomic E-state index is -1.78. The molecule has 588 valence electrons. The summed E-state index contributed by atoms with van der Waals surface area (Å²) in [4.78, 5) is 202. The molecular formula is C70H104N24O12S2. The van der Waals surface area contributed by atoms with Crippen LogP contribution in [-0.2, 0) is 83.2 Å². The van der Waals surface area contributed by atoms with Crippen LogP contribution in [0.1, 0.15) is 119 Å². The van der Waals surface area contributed by atoms with E-state index in [0.29, 0.717) is 89.2 Å². The Morgan fingerprint density at radius 3 is 1.28 bits per heavy atom. The fourth-order valence-electron chi connectivity index (χ4n) is 12.1. The standard InChI is InChI=1S/C70H104N24O12S2/c1-40-57(95)84-47(20-7-11-25-71)58(96)85-48(21-8-12-26-72)59(97)86-49(22-9-13-27-73)60(98)87-51(24-15-29-79-70(75)76)62(100)94-69-68(106)88-50(23-10-14-28-74)61(99)91-54(32-43-35-77-38-81-43)65(103)89-52(30-41-16-3-2-4-17-41)63(101)92-55(33-44-36-78-39-82-44)66(104)90-53(31-42-34-80-46-19-6-5-18-45(42)46)64(102)93-56(37-107-108-69)67(105)83-40/h2-6,16-19,34-36,38-40,47-56,69,80H,7-15,20-33,37,71-74H2,1H3,(H,77,81)(H,78,82)(H,83,105)(H,84,95)(H,85,96)(H,86,97)(H,87,98)(H,88,106)(H,89,103)(H,90,104)(H,91,99)(H,92,101)(H,93,102)(H,94,100)(H4,75,76,79)/t40-,47-,48-,49-,50-,51-,52+,53-,54-,55-,56?,69-/m0/s1. The Kier molecular flexibility index (Phi) is 35.3. The maximum atomic E-state index is 15.6. The maximum absolute atomic E-state index is 15.6. The summed E-state index contributed by atoms with van der Waals surface area (Å²) < 4.78 is 0. The van der Waals surface area contributed by atoms with Crippen molar-refractivity contribution in [3.8, 4) is 0 Å². The molecule has 2 fully saturated rings. The number of amides is 12. The number of nitrogens with two attached hydrogens (primary N) is 6. The molecule has 7 rings (SSSR count). The highest BCUT2D eigenvalue weighted by Crippen LogP contribution is 2.28. The van der Waals surface area contributed by atoms with Gasteiger partial charge in [0.1, 0.15) is 66.5 Å². The largest absolute Gasteiger partial charge is 0.370 e. The van der Waals surface area contributed by atoms with E-state index in [9.17, 15) is 19.2 Å². The predicted octanol–water partition coefficient (Wildman–Crippen LogP) is -3.34. The third-order valence-electron chi connectivity index (χ3n) is 18.1. The van der Waals surface area contributed by atoms with Crippen molar-refractivity contribution in [2.24, 2.45) is 39.4 Å². The van der Waals surface area contributed by atoms with E-state index in [2.05, 4.69) is 93.7 Å². The third kappa shape index (κ3) is 27.6. The SMILES string of the molecule is C[C@@H]1NC(=O)C2CSS[C@H](NC(=O)[C@H](CCCN=C(N)N)NC(=O)[C@H](CCCCN)NC(=O)[C@H](CCCCN)NC(=O)[C@H](CCCCN)NC1=O)C(=O)N[C@@H](CCCCN)C(=O)N[C@@H](Cc1cnc[nH]1)C(=O)N[C@H](Cc1ccccc1)C(=O)N[C@@H](Cc1cnc[nH]1)C(=O)N[C@@H](Cc1c[nH]c3ccccc13)C(=O)N2. The summed E-state index contributed by atoms with van der Waals surface area (Å²) in [6.07, 6.45) is 8.87. The van der Waals surface area contributed by atoms with Gasteiger partial charge in [0, 0.05) is 78.9 Å². The number of fused-ring (bicyclic) bond motifs is 5. The Hall–Kier alpha value is -10.2. The fraction of sp³-hybridized carbons (Fsp3) is 0.529. The summed E-state index contributed by atoms with van der Waals surface area (Å²) in [7, 11) is 1.42. The molecular weight excluding hydrogens is 1430 g/mol. The number of H-pyrrole nitrogens is 3. The van der Waals surface area contributed by atoms with Gasteiger partial charge >= 0.3 is 0 Å². The second-order valence-corrected chi connectivity index (χ2v) is 29.0. The molecule has 2 bridgehead atoms. The number of nitrogens with zero attached hydrogens (tertiary/aromatic N) is 3. The number of para-hydroxylation sites is 1. The van der Waals surface area contributed by atoms with Gasteiger partial charge in [-0.15, -0.1) is 0 Å². The molecule has 12 amide bonds. The van der Waals surface area contributed by atoms with Crippen molar-refractivity contribution in [2.45, 2.75) is 194 Å². The van der Waals surface area contributed by atoms with Gasteiger partial charge in [-0.2, -0.15) is 0 Å². The average molecular weight is 1540 g/mol. The summed E-state index contributed by atoms with van der Waals surface area (Å²) >= 11 is 0. The molecule has 12 atom stereocenters. The summed E-state index contributed by atoms with van der Waals surface area (Å²) in [5.74, 6) is -11.6. The fourth-order valence-corrected chi connectivity index (χ4v) is 14.4. The van der Waals surface area contributed by atoms with Crippen molar-refractivity contribution >= 4 is 109 Å². The van der Waals surface area contributed by atoms with E-state index in [1.807, 2.05) is 0 Å². The minimum absolute atomic E-state index is 0.0110. The number of rotatable bonds is 28. The lowest BCUT2D eigenvalue weighted by Crippen LogP contribution is -2.62. The number of benzene rings is 2. The summed E-state index contributed by atoms with van der Waals surface area (Å²) in [5, 5.41) is 32.0. The van der Waals surface area contributed by atoms with Crippen molar-refractivity contribution in [3.63, 3.8) is 0 Å². The van der Waals surface area contributed by atoms with E-state index in [1.165, 1.54) is 32.0 Å². The maximum Gasteiger partial charge on any atom is 0.254 e. The lowest BCUT2D eigenvalue weighted by Gasteiger charge is -2.29. The van der Waals surface area contributed by atoms with Crippen LogP contribution < -0.4 is 98.2 Å². The number of carbonyl (C=O) groups excluding carboxylic acids is 12. The molecule has 36 nitrogen and oxygen atoms in total. The number of imidazole rings is 2. The molecule has 5 aromatic rings. The zero-order valence-corrected chi connectivity index (χ0v) is 62.1. The molecule has 2 aromatic carbocycles. The van der Waals surface area contributed by atoms with Crippen LogP contribution in [-0.4, -0.2) is 212 Å². The number of aliphatic imine (C=N–C) groups is 1. The van der Waals surface area contributed by atoms with Crippen molar-refractivity contribution in [1.29, 1.82) is 0 Å². The highest BCUT2D eigenvalue weighted by atomic mass is 33.1. The van der Waals surface area contributed by atoms with Crippen LogP contribution in [0.3, 0.4) is 0 Å². The van der Waals surface area contributed by atoms with Crippen molar-refractivity contribution in [3.05, 3.63) is 108 Å². The summed E-state index contributed by atoms with van der Waals surface area (Å²) in [6.45, 7) is 2.13. The molecule has 38 heteroatoms. The number of carbonyl (C=O) groups is 12. The normalized spacial score (nSPS) is 24.0. The Morgan fingerprint density at radius 1 is 0.417 bits per heavy atom. The minimum Gasteiger partial charge on any atom is -0.370 e. The molecule has 1 unspecified atom stereocenters. The second kappa shape index (κ2) is 44.9. The van der Waals surface area contributed by atoms with Gasteiger partial charge in [-0.05, 0) is 140 Å². The number of aromatic amines is 3. The number of aromatic nitrogens is 5. The van der Waals surface area contributed by atoms with Crippen LogP contribution in [0.4, 0.5) is 0 Å². The van der Waals surface area contributed by atoms with Crippen LogP contribution in [0.15, 0.2) is 90.8 Å². The molecule has 5 heterocycles. The quantitative estimate of drug-likeness (QED) is 0.0101. The lowest BCUT2D eigenvalue weighted by molar-refractivity contribution is -0.136. The molecule has 0 saturated carbocycles. The number of guanidine groups is 1. The number of unbranched alkanes of at least 4 members (excludes halogenated alkanes) is 4. The van der Waals surface area contributed by atoms with Gasteiger partial charge in [0.25, 0.3) is 5.91 Å². The first-order valence-electron chi connectivity index (χ1n) is 36.4. The van der Waals surface area contributed by atoms with Gasteiger partial charge in [0.15, 0.2) is 11.3 Å². The summed E-state index contributed by atoms with van der Waals surface area (Å²) in [5.41, 5.74) is 37.5. The molecule has 0 spiro atoms. The molecule has 2 aliphatic rings. The van der Waals surface area contributed by atoms with Crippen LogP contribution in [0.2, 0.25) is 0 Å². The van der Waals surface area contributed by atoms with E-state index in [-0.39, 0.29) is 109 Å². The van der Waals surface area contributed by atoms with Gasteiger partial charge in [0.05, 0.1) is 12.7 Å². The Balaban J connectivity index is 1.41. The van der Waals surface area contributed by atoms with Gasteiger partial charge in [-0.3, -0.25) is 62.5 Å². The van der Waals surface area contributed by atoms with Gasteiger partial charge in [0.2, 0.25) is 65.0 Å². The smallest absolute Gasteiger partial charge is 0.254 e. The molecule has 27 N–H and O–H groups in total. The zero-order valence-electron chi connectivity index (χ0n) is 60.5. The molecule has 0 radical (unpaired) electrons. The topological polar surface area (TPSA) is 591 Å². The van der Waals surface area contributed by atoms with Crippen molar-refractivity contribution in [2.75, 3.05) is 38.5 Å². The molecule has 2 saturated heterocycles. The van der Waals surface area contributed by atoms with E-state index >= 15 is 38.4 Å². The van der Waals surface area contributed by atoms with Crippen molar-refractivity contribution in [1.82, 2.24) is 88.7 Å². The molecule has 0 aliphatic carbocycles. The Labute approximate surface area is 633 Å². The lowest BCUT2D eigenvalue weighted by atomic mass is 10.0. The van der Waals surface area contributed by atoms with Gasteiger partial charge in [-0.1, -0.05) is 70.1 Å². The molecule has 108 heavy (non-hydrogen) atoms. The Morgan fingerprint density at radius 2 is 0.815 bits per heavy atom. The second-order valence-electron chi connectivity index (χ2n) is 26.5. The van der Waals surface area contributed by atoms with E-state index in [1.54, 1.807) is 60.8 Å². The van der Waals surface area contributed by atoms with Gasteiger partial charge < -0.3 is 113 Å². The van der Waals surface area contributed by atoms with E-state index in [0.717, 1.165) is 10.8 Å². The molecule has 3 aromatic heterocycles. The van der Waals surface area contributed by atoms with Crippen LogP contribution in [0.25, 0.3) is 10.9 Å². The third-order valence-corrected chi connectivity index (χ3v) is 20.6. The first-order chi connectivity index (χ1) is 52.1. The molecule has 2 aliphatic heterocycles. The van der Waals surface area contributed by atoms with Crippen LogP contribution in [0.5, 0.6) is 0 Å². The number of hydrogen-bond acceptors (Lipinski definition) is 21. The van der Waals surface area contributed by atoms with Crippen LogP contribution >= 0.6 is 21.6 Å². The predicted molar refractivity (Wildman–Crippen MR) is 407 cm³/mol. The van der Waals surface area contributed by atoms with Gasteiger partial charge in [-0.25, -0.2) is 9.97 Å². The monoisotopic (exact) mass is 1540 g/mol. The van der Waals surface area contributed by atoms with Crippen LogP contribution in [0, 0.1) is 0 Å². The average Bonchev–Trinajstić information content (AvgIpc) is 1.65. The first-order valence-corrected chi connectivity index (χ1v) is 38.8. The van der Waals surface area contributed by atoms with Crippen molar-refractivity contribution < 1.29 is 57.5 Å². The zero-order chi connectivity index (χ0) is 77.9. The first kappa shape index (κ1) is 85.1. The highest BCUT2D eigenvalue weighted by Gasteiger charge is 2.39. The van der Waals surface area contributed by atoms with E-state index in [4.69, 9.17) is 34.4 Å².